The van der Waals surface area contributed by atoms with Crippen molar-refractivity contribution in [3.8, 4) is 0 Å². The lowest BCUT2D eigenvalue weighted by Gasteiger charge is -2.13. The summed E-state index contributed by atoms with van der Waals surface area (Å²) in [5.41, 5.74) is 5.66. The molecule has 0 atom stereocenters. The van der Waals surface area contributed by atoms with E-state index in [1.165, 1.54) is 0 Å². The van der Waals surface area contributed by atoms with Crippen molar-refractivity contribution < 1.29 is 9.21 Å². The van der Waals surface area contributed by atoms with Crippen molar-refractivity contribution >= 4 is 11.9 Å². The lowest BCUT2D eigenvalue weighted by molar-refractivity contribution is -0.128. The van der Waals surface area contributed by atoms with Crippen molar-refractivity contribution in [1.29, 1.82) is 0 Å². The molecule has 0 unspecified atom stereocenters. The summed E-state index contributed by atoms with van der Waals surface area (Å²) in [5.74, 6) is 1.08. The minimum Gasteiger partial charge on any atom is -0.467 e. The topological polar surface area (TPSA) is 83.9 Å². The molecule has 0 spiro atoms. The van der Waals surface area contributed by atoms with E-state index in [1.807, 2.05) is 11.0 Å². The molecule has 0 saturated carbocycles. The Hall–Kier alpha value is -1.98. The zero-order valence-corrected chi connectivity index (χ0v) is 10.3. The molecule has 1 aliphatic heterocycles. The van der Waals surface area contributed by atoms with E-state index >= 15 is 0 Å². The summed E-state index contributed by atoms with van der Waals surface area (Å²) in [7, 11) is 0. The standard InChI is InChI=1S/C12H18N4O2/c13-12(14-8-10-4-3-7-18-10)15-9-11(17)16-5-1-2-6-16/h3-4,7H,1-2,5-6,8-9H2,(H3,13,14,15). The molecule has 0 aliphatic carbocycles. The van der Waals surface area contributed by atoms with Crippen LogP contribution in [0.15, 0.2) is 27.8 Å². The molecule has 3 N–H and O–H groups in total. The minimum absolute atomic E-state index is 0.0373. The number of nitrogens with two attached hydrogens (primary N) is 1. The second kappa shape index (κ2) is 6.09. The first kappa shape index (κ1) is 12.5. The van der Waals surface area contributed by atoms with Crippen molar-refractivity contribution in [3.63, 3.8) is 0 Å². The first-order chi connectivity index (χ1) is 8.75. The maximum absolute atomic E-state index is 11.7. The SMILES string of the molecule is NC(=NCC(=O)N1CCCC1)NCc1ccco1. The number of hydrogen-bond acceptors (Lipinski definition) is 3. The molecule has 1 aliphatic rings. The Morgan fingerprint density at radius 1 is 1.50 bits per heavy atom. The van der Waals surface area contributed by atoms with Crippen LogP contribution in [-0.2, 0) is 11.3 Å². The molecule has 1 saturated heterocycles. The summed E-state index contributed by atoms with van der Waals surface area (Å²) in [6.45, 7) is 2.26. The Bertz CT molecular complexity index is 408. The third kappa shape index (κ3) is 3.51. The van der Waals surface area contributed by atoms with Gasteiger partial charge in [0.15, 0.2) is 5.96 Å². The number of amides is 1. The van der Waals surface area contributed by atoms with Crippen LogP contribution in [0.1, 0.15) is 18.6 Å². The summed E-state index contributed by atoms with van der Waals surface area (Å²) in [4.78, 5) is 17.5. The van der Waals surface area contributed by atoms with Crippen LogP contribution in [0.25, 0.3) is 0 Å². The fourth-order valence-electron chi connectivity index (χ4n) is 1.87. The average Bonchev–Trinajstić information content (AvgIpc) is 3.05. The molecule has 0 aromatic carbocycles. The number of guanidine groups is 1. The molecule has 0 radical (unpaired) electrons. The predicted octanol–water partition coefficient (Wildman–Crippen LogP) is 0.306. The highest BCUT2D eigenvalue weighted by Gasteiger charge is 2.16. The third-order valence-electron chi connectivity index (χ3n) is 2.87. The Morgan fingerprint density at radius 3 is 2.94 bits per heavy atom. The van der Waals surface area contributed by atoms with E-state index in [0.29, 0.717) is 6.54 Å². The molecule has 1 aromatic heterocycles. The molecule has 6 heteroatoms. The molecular formula is C12H18N4O2. The van der Waals surface area contributed by atoms with Crippen LogP contribution in [0.5, 0.6) is 0 Å². The van der Waals surface area contributed by atoms with Crippen molar-refractivity contribution in [2.45, 2.75) is 19.4 Å². The molecule has 6 nitrogen and oxygen atoms in total. The smallest absolute Gasteiger partial charge is 0.244 e. The molecule has 18 heavy (non-hydrogen) atoms. The summed E-state index contributed by atoms with van der Waals surface area (Å²) in [6.07, 6.45) is 3.77. The Labute approximate surface area is 106 Å². The first-order valence-corrected chi connectivity index (χ1v) is 6.09. The van der Waals surface area contributed by atoms with Gasteiger partial charge in [-0.3, -0.25) is 4.79 Å². The van der Waals surface area contributed by atoms with Crippen molar-refractivity contribution in [1.82, 2.24) is 10.2 Å². The van der Waals surface area contributed by atoms with E-state index in [0.717, 1.165) is 31.7 Å². The van der Waals surface area contributed by atoms with Crippen molar-refractivity contribution in [2.75, 3.05) is 19.6 Å². The number of likely N-dealkylation sites (tertiary alicyclic amines) is 1. The van der Waals surface area contributed by atoms with Gasteiger partial charge in [-0.2, -0.15) is 0 Å². The molecule has 0 bridgehead atoms. The minimum atomic E-state index is 0.0373. The van der Waals surface area contributed by atoms with Gasteiger partial charge in [-0.15, -0.1) is 0 Å². The molecule has 98 valence electrons. The zero-order valence-electron chi connectivity index (χ0n) is 10.3. The highest BCUT2D eigenvalue weighted by molar-refractivity contribution is 5.84. The molecule has 2 rings (SSSR count). The highest BCUT2D eigenvalue weighted by atomic mass is 16.3. The zero-order chi connectivity index (χ0) is 12.8. The molecular weight excluding hydrogens is 232 g/mol. The Balaban J connectivity index is 1.72. The van der Waals surface area contributed by atoms with Gasteiger partial charge in [-0.25, -0.2) is 4.99 Å². The molecule has 1 amide bonds. The number of carbonyl (C=O) groups excluding carboxylic acids is 1. The molecule has 1 aromatic rings. The van der Waals surface area contributed by atoms with Gasteiger partial charge in [0.1, 0.15) is 12.3 Å². The van der Waals surface area contributed by atoms with Gasteiger partial charge in [-0.05, 0) is 25.0 Å². The average molecular weight is 250 g/mol. The second-order valence-electron chi connectivity index (χ2n) is 4.22. The lowest BCUT2D eigenvalue weighted by atomic mass is 10.4. The van der Waals surface area contributed by atoms with Gasteiger partial charge in [0.25, 0.3) is 0 Å². The summed E-state index contributed by atoms with van der Waals surface area (Å²) >= 11 is 0. The number of aliphatic imine (C=N–C) groups is 1. The van der Waals surface area contributed by atoms with E-state index in [4.69, 9.17) is 10.2 Å². The highest BCUT2D eigenvalue weighted by Crippen LogP contribution is 2.07. The first-order valence-electron chi connectivity index (χ1n) is 6.09. The Morgan fingerprint density at radius 2 is 2.28 bits per heavy atom. The van der Waals surface area contributed by atoms with Gasteiger partial charge < -0.3 is 20.4 Å². The maximum atomic E-state index is 11.7. The summed E-state index contributed by atoms with van der Waals surface area (Å²) in [5, 5.41) is 2.89. The van der Waals surface area contributed by atoms with Gasteiger partial charge in [-0.1, -0.05) is 0 Å². The normalized spacial score (nSPS) is 16.0. The summed E-state index contributed by atoms with van der Waals surface area (Å²) in [6, 6.07) is 3.65. The van der Waals surface area contributed by atoms with Crippen molar-refractivity contribution in [2.24, 2.45) is 10.7 Å². The number of rotatable bonds is 4. The number of hydrogen-bond donors (Lipinski definition) is 2. The predicted molar refractivity (Wildman–Crippen MR) is 67.9 cm³/mol. The fourth-order valence-corrected chi connectivity index (χ4v) is 1.87. The number of nitrogens with one attached hydrogen (secondary N) is 1. The van der Waals surface area contributed by atoms with E-state index in [9.17, 15) is 4.79 Å². The van der Waals surface area contributed by atoms with Crippen LogP contribution in [0.4, 0.5) is 0 Å². The third-order valence-corrected chi connectivity index (χ3v) is 2.87. The number of furan rings is 1. The van der Waals surface area contributed by atoms with Gasteiger partial charge in [0.2, 0.25) is 5.91 Å². The van der Waals surface area contributed by atoms with Crippen LogP contribution in [0.3, 0.4) is 0 Å². The van der Waals surface area contributed by atoms with Gasteiger partial charge in [0, 0.05) is 13.1 Å². The van der Waals surface area contributed by atoms with E-state index < -0.39 is 0 Å². The largest absolute Gasteiger partial charge is 0.467 e. The maximum Gasteiger partial charge on any atom is 0.244 e. The van der Waals surface area contributed by atoms with Gasteiger partial charge >= 0.3 is 0 Å². The quantitative estimate of drug-likeness (QED) is 0.595. The number of nitrogens with zero attached hydrogens (tertiary/aromatic N) is 2. The monoisotopic (exact) mass is 250 g/mol. The fraction of sp³-hybridized carbons (Fsp3) is 0.500. The Kier molecular flexibility index (Phi) is 4.22. The molecule has 1 fully saturated rings. The van der Waals surface area contributed by atoms with Gasteiger partial charge in [0.05, 0.1) is 12.8 Å². The van der Waals surface area contributed by atoms with E-state index in [1.54, 1.807) is 12.3 Å². The van der Waals surface area contributed by atoms with Crippen LogP contribution < -0.4 is 11.1 Å². The van der Waals surface area contributed by atoms with Crippen LogP contribution in [0.2, 0.25) is 0 Å². The lowest BCUT2D eigenvalue weighted by Crippen LogP contribution is -2.34. The van der Waals surface area contributed by atoms with Crippen molar-refractivity contribution in [3.05, 3.63) is 24.2 Å². The summed E-state index contributed by atoms with van der Waals surface area (Å²) < 4.78 is 5.14. The number of carbonyl (C=O) groups is 1. The van der Waals surface area contributed by atoms with Crippen LogP contribution in [0, 0.1) is 0 Å². The second-order valence-corrected chi connectivity index (χ2v) is 4.22. The van der Waals surface area contributed by atoms with E-state index in [-0.39, 0.29) is 18.4 Å². The molecule has 2 heterocycles. The van der Waals surface area contributed by atoms with Crippen LogP contribution >= 0.6 is 0 Å². The van der Waals surface area contributed by atoms with Crippen LogP contribution in [-0.4, -0.2) is 36.4 Å². The van der Waals surface area contributed by atoms with E-state index in [2.05, 4.69) is 10.3 Å².